The van der Waals surface area contributed by atoms with E-state index in [9.17, 15) is 9.59 Å². The van der Waals surface area contributed by atoms with Crippen molar-refractivity contribution in [3.05, 3.63) is 28.5 Å². The Kier molecular flexibility index (Phi) is 5.08. The van der Waals surface area contributed by atoms with Crippen LogP contribution in [0.1, 0.15) is 12.0 Å². The van der Waals surface area contributed by atoms with Crippen LogP contribution in [0.5, 0.6) is 0 Å². The Morgan fingerprint density at radius 1 is 1.60 bits per heavy atom. The van der Waals surface area contributed by atoms with Crippen molar-refractivity contribution in [1.82, 2.24) is 10.3 Å². The van der Waals surface area contributed by atoms with Crippen LogP contribution in [-0.2, 0) is 20.7 Å². The molecular weight excluding hydrogens is 326 g/mol. The molecule has 0 aliphatic carbocycles. The topological polar surface area (TPSA) is 94.3 Å². The molecule has 6 nitrogen and oxygen atoms in total. The summed E-state index contributed by atoms with van der Waals surface area (Å²) in [4.78, 5) is 27.6. The lowest BCUT2D eigenvalue weighted by Gasteiger charge is -2.18. The van der Waals surface area contributed by atoms with E-state index in [4.69, 9.17) is 10.5 Å². The molecule has 2 atom stereocenters. The number of amides is 2. The monoisotopic (exact) mass is 341 g/mol. The number of primary amides is 1. The van der Waals surface area contributed by atoms with Crippen LogP contribution in [0.4, 0.5) is 0 Å². The first-order valence-corrected chi connectivity index (χ1v) is 7.14. The number of carbonyl (C=O) groups excluding carboxylic acids is 2. The van der Waals surface area contributed by atoms with Crippen LogP contribution in [0.25, 0.3) is 0 Å². The van der Waals surface area contributed by atoms with Gasteiger partial charge in [0, 0.05) is 19.2 Å². The fourth-order valence-electron chi connectivity index (χ4n) is 2.05. The number of carbonyl (C=O) groups is 2. The average molecular weight is 342 g/mol. The summed E-state index contributed by atoms with van der Waals surface area (Å²) in [6.07, 6.45) is 2.62. The van der Waals surface area contributed by atoms with Crippen LogP contribution in [0.2, 0.25) is 0 Å². The summed E-state index contributed by atoms with van der Waals surface area (Å²) in [5.41, 5.74) is 6.18. The second-order valence-corrected chi connectivity index (χ2v) is 5.43. The van der Waals surface area contributed by atoms with Gasteiger partial charge in [-0.1, -0.05) is 6.07 Å². The fraction of sp³-hybridized carbons (Fsp3) is 0.462. The van der Waals surface area contributed by atoms with Gasteiger partial charge in [-0.3, -0.25) is 9.59 Å². The highest BCUT2D eigenvalue weighted by Crippen LogP contribution is 2.16. The molecule has 0 aromatic carbocycles. The Hall–Kier alpha value is -1.47. The third-order valence-corrected chi connectivity index (χ3v) is 3.93. The van der Waals surface area contributed by atoms with Crippen molar-refractivity contribution < 1.29 is 14.3 Å². The van der Waals surface area contributed by atoms with Crippen molar-refractivity contribution >= 4 is 27.7 Å². The van der Waals surface area contributed by atoms with Gasteiger partial charge in [0.05, 0.1) is 12.5 Å². The summed E-state index contributed by atoms with van der Waals surface area (Å²) in [7, 11) is 0. The van der Waals surface area contributed by atoms with Crippen LogP contribution in [0.15, 0.2) is 22.9 Å². The maximum absolute atomic E-state index is 12.0. The van der Waals surface area contributed by atoms with Crippen LogP contribution in [-0.4, -0.2) is 36.1 Å². The van der Waals surface area contributed by atoms with Crippen LogP contribution in [0, 0.1) is 5.92 Å². The Labute approximate surface area is 125 Å². The van der Waals surface area contributed by atoms with E-state index in [1.807, 2.05) is 6.07 Å². The molecule has 2 heterocycles. The van der Waals surface area contributed by atoms with Gasteiger partial charge >= 0.3 is 0 Å². The molecule has 1 aliphatic heterocycles. The van der Waals surface area contributed by atoms with E-state index in [1.165, 1.54) is 0 Å². The Morgan fingerprint density at radius 3 is 3.00 bits per heavy atom. The minimum absolute atomic E-state index is 0.189. The van der Waals surface area contributed by atoms with Gasteiger partial charge in [-0.15, -0.1) is 0 Å². The van der Waals surface area contributed by atoms with E-state index in [0.717, 1.165) is 5.56 Å². The number of nitrogens with one attached hydrogen (secondary N) is 1. The highest BCUT2D eigenvalue weighted by molar-refractivity contribution is 9.10. The molecule has 0 unspecified atom stereocenters. The molecule has 0 spiro atoms. The van der Waals surface area contributed by atoms with E-state index in [0.29, 0.717) is 30.7 Å². The molecule has 0 bridgehead atoms. The first kappa shape index (κ1) is 14.9. The summed E-state index contributed by atoms with van der Waals surface area (Å²) in [5.74, 6) is -0.950. The summed E-state index contributed by atoms with van der Waals surface area (Å²) in [6, 6.07) is 2.85. The molecule has 3 N–H and O–H groups in total. The fourth-order valence-corrected chi connectivity index (χ4v) is 2.46. The third kappa shape index (κ3) is 3.77. The predicted molar refractivity (Wildman–Crippen MR) is 75.7 cm³/mol. The largest absolute Gasteiger partial charge is 0.381 e. The number of pyridine rings is 1. The zero-order valence-electron chi connectivity index (χ0n) is 10.8. The first-order valence-electron chi connectivity index (χ1n) is 6.34. The molecular formula is C13H16BrN3O3. The normalized spacial score (nSPS) is 19.6. The average Bonchev–Trinajstić information content (AvgIpc) is 2.94. The molecule has 1 aromatic heterocycles. The van der Waals surface area contributed by atoms with Crippen molar-refractivity contribution in [1.29, 1.82) is 0 Å². The smallest absolute Gasteiger partial charge is 0.240 e. The molecule has 108 valence electrons. The second-order valence-electron chi connectivity index (χ2n) is 4.68. The molecule has 1 aromatic rings. The number of nitrogens with zero attached hydrogens (tertiary/aromatic N) is 1. The van der Waals surface area contributed by atoms with Crippen molar-refractivity contribution in [2.75, 3.05) is 13.2 Å². The van der Waals surface area contributed by atoms with Gasteiger partial charge in [0.1, 0.15) is 10.6 Å². The van der Waals surface area contributed by atoms with E-state index < -0.39 is 11.9 Å². The zero-order valence-corrected chi connectivity index (χ0v) is 12.4. The molecule has 0 saturated carbocycles. The van der Waals surface area contributed by atoms with E-state index in [1.54, 1.807) is 12.3 Å². The van der Waals surface area contributed by atoms with Gasteiger partial charge in [0.25, 0.3) is 0 Å². The third-order valence-electron chi connectivity index (χ3n) is 3.22. The summed E-state index contributed by atoms with van der Waals surface area (Å²) in [5, 5.41) is 2.69. The van der Waals surface area contributed by atoms with Gasteiger partial charge in [0.15, 0.2) is 0 Å². The number of hydrogen-bond donors (Lipinski definition) is 2. The Balaban J connectivity index is 2.02. The maximum atomic E-state index is 12.0. The lowest BCUT2D eigenvalue weighted by molar-refractivity contribution is -0.129. The lowest BCUT2D eigenvalue weighted by Crippen LogP contribution is -2.48. The SMILES string of the molecule is NC(=O)[C@H](Cc1cccnc1Br)NC(=O)[C@H]1CCOC1. The van der Waals surface area contributed by atoms with Crippen LogP contribution >= 0.6 is 15.9 Å². The number of nitrogens with two attached hydrogens (primary N) is 1. The zero-order chi connectivity index (χ0) is 14.5. The van der Waals surface area contributed by atoms with Gasteiger partial charge in [-0.25, -0.2) is 4.98 Å². The van der Waals surface area contributed by atoms with Gasteiger partial charge in [-0.2, -0.15) is 0 Å². The minimum Gasteiger partial charge on any atom is -0.381 e. The van der Waals surface area contributed by atoms with Crippen molar-refractivity contribution in [2.24, 2.45) is 11.7 Å². The molecule has 2 amide bonds. The molecule has 2 rings (SSSR count). The number of hydrogen-bond acceptors (Lipinski definition) is 4. The van der Waals surface area contributed by atoms with Crippen LogP contribution in [0.3, 0.4) is 0 Å². The maximum Gasteiger partial charge on any atom is 0.240 e. The number of aromatic nitrogens is 1. The van der Waals surface area contributed by atoms with E-state index >= 15 is 0 Å². The van der Waals surface area contributed by atoms with Crippen LogP contribution < -0.4 is 11.1 Å². The molecule has 1 saturated heterocycles. The summed E-state index contributed by atoms with van der Waals surface area (Å²) in [6.45, 7) is 0.974. The van der Waals surface area contributed by atoms with Crippen molar-refractivity contribution in [3.63, 3.8) is 0 Å². The molecule has 1 fully saturated rings. The predicted octanol–water partition coefficient (Wildman–Crippen LogP) is 0.393. The van der Waals surface area contributed by atoms with Crippen molar-refractivity contribution in [2.45, 2.75) is 18.9 Å². The van der Waals surface area contributed by atoms with Gasteiger partial charge in [-0.05, 0) is 34.0 Å². The number of ether oxygens (including phenoxy) is 1. The van der Waals surface area contributed by atoms with E-state index in [2.05, 4.69) is 26.2 Å². The Morgan fingerprint density at radius 2 is 2.40 bits per heavy atom. The highest BCUT2D eigenvalue weighted by Gasteiger charge is 2.27. The summed E-state index contributed by atoms with van der Waals surface area (Å²) >= 11 is 3.31. The second kappa shape index (κ2) is 6.81. The quantitative estimate of drug-likeness (QED) is 0.757. The highest BCUT2D eigenvalue weighted by atomic mass is 79.9. The van der Waals surface area contributed by atoms with E-state index in [-0.39, 0.29) is 11.8 Å². The molecule has 7 heteroatoms. The first-order chi connectivity index (χ1) is 9.58. The molecule has 20 heavy (non-hydrogen) atoms. The lowest BCUT2D eigenvalue weighted by atomic mass is 10.0. The number of rotatable bonds is 5. The Bertz CT molecular complexity index is 503. The standard InChI is InChI=1S/C13H16BrN3O3/c14-11-8(2-1-4-16-11)6-10(12(15)18)17-13(19)9-3-5-20-7-9/h1-2,4,9-10H,3,5-7H2,(H2,15,18)(H,17,19)/t9-,10-/m0/s1. The minimum atomic E-state index is -0.747. The van der Waals surface area contributed by atoms with Crippen molar-refractivity contribution in [3.8, 4) is 0 Å². The van der Waals surface area contributed by atoms with Gasteiger partial charge < -0.3 is 15.8 Å². The van der Waals surface area contributed by atoms with Gasteiger partial charge in [0.2, 0.25) is 11.8 Å². The number of halogens is 1. The summed E-state index contributed by atoms with van der Waals surface area (Å²) < 4.78 is 5.81. The molecule has 0 radical (unpaired) electrons. The molecule has 1 aliphatic rings.